The van der Waals surface area contributed by atoms with E-state index in [1.54, 1.807) is 0 Å². The molecule has 60 valence electrons. The van der Waals surface area contributed by atoms with Crippen molar-refractivity contribution in [1.29, 1.82) is 0 Å². The third-order valence-electron chi connectivity index (χ3n) is 2.50. The maximum Gasteiger partial charge on any atom is 0.102 e. The molecule has 1 saturated carbocycles. The monoisotopic (exact) mass is 145 g/mol. The van der Waals surface area contributed by atoms with E-state index >= 15 is 0 Å². The van der Waals surface area contributed by atoms with E-state index in [0.717, 1.165) is 12.8 Å². The molecule has 1 aliphatic carbocycles. The predicted octanol–water partition coefficient (Wildman–Crippen LogP) is 1.73. The van der Waals surface area contributed by atoms with Crippen molar-refractivity contribution in [2.45, 2.75) is 38.4 Å². The summed E-state index contributed by atoms with van der Waals surface area (Å²) >= 11 is 0. The van der Waals surface area contributed by atoms with Gasteiger partial charge in [0.25, 0.3) is 0 Å². The second-order valence-corrected chi connectivity index (χ2v) is 3.28. The standard InChI is InChI=1S/C8H16FN/c1-6-3-4-7(9)5-8(6)10-2/h6-8,10H,3-5H2,1-2H3/t6-,7+,8?/m0/s1. The average Bonchev–Trinajstić information content (AvgIpc) is 1.94. The number of rotatable bonds is 1. The maximum atomic E-state index is 12.8. The molecule has 0 aromatic heterocycles. The van der Waals surface area contributed by atoms with Gasteiger partial charge >= 0.3 is 0 Å². The molecule has 0 aromatic rings. The van der Waals surface area contributed by atoms with Crippen LogP contribution < -0.4 is 5.32 Å². The van der Waals surface area contributed by atoms with Crippen molar-refractivity contribution in [3.8, 4) is 0 Å². The fourth-order valence-corrected chi connectivity index (χ4v) is 1.67. The van der Waals surface area contributed by atoms with E-state index in [2.05, 4.69) is 12.2 Å². The molecule has 3 atom stereocenters. The van der Waals surface area contributed by atoms with Crippen LogP contribution in [0.5, 0.6) is 0 Å². The zero-order chi connectivity index (χ0) is 7.56. The molecule has 0 spiro atoms. The minimum Gasteiger partial charge on any atom is -0.317 e. The molecule has 1 unspecified atom stereocenters. The van der Waals surface area contributed by atoms with Crippen LogP contribution in [0.25, 0.3) is 0 Å². The Kier molecular flexibility index (Phi) is 2.66. The summed E-state index contributed by atoms with van der Waals surface area (Å²) in [6, 6.07) is 0.406. The fourth-order valence-electron chi connectivity index (χ4n) is 1.67. The molecule has 1 aliphatic rings. The Hall–Kier alpha value is -0.110. The van der Waals surface area contributed by atoms with E-state index in [1.165, 1.54) is 0 Å². The molecule has 10 heavy (non-hydrogen) atoms. The van der Waals surface area contributed by atoms with Crippen LogP contribution in [0.4, 0.5) is 4.39 Å². The normalized spacial score (nSPS) is 41.7. The highest BCUT2D eigenvalue weighted by Gasteiger charge is 2.25. The highest BCUT2D eigenvalue weighted by molar-refractivity contribution is 4.81. The Morgan fingerprint density at radius 3 is 2.60 bits per heavy atom. The van der Waals surface area contributed by atoms with Gasteiger partial charge in [-0.05, 0) is 32.2 Å². The lowest BCUT2D eigenvalue weighted by Crippen LogP contribution is -2.38. The molecule has 0 amide bonds. The van der Waals surface area contributed by atoms with Crippen LogP contribution in [0.3, 0.4) is 0 Å². The Morgan fingerprint density at radius 1 is 1.40 bits per heavy atom. The Labute approximate surface area is 62.0 Å². The van der Waals surface area contributed by atoms with Gasteiger partial charge in [-0.1, -0.05) is 6.92 Å². The van der Waals surface area contributed by atoms with Crippen LogP contribution >= 0.6 is 0 Å². The molecule has 1 rings (SSSR count). The van der Waals surface area contributed by atoms with E-state index in [4.69, 9.17) is 0 Å². The first-order valence-corrected chi connectivity index (χ1v) is 4.05. The number of alkyl halides is 1. The summed E-state index contributed by atoms with van der Waals surface area (Å²) < 4.78 is 12.8. The summed E-state index contributed by atoms with van der Waals surface area (Å²) in [6.45, 7) is 2.19. The molecule has 0 saturated heterocycles. The van der Waals surface area contributed by atoms with Crippen molar-refractivity contribution < 1.29 is 4.39 Å². The van der Waals surface area contributed by atoms with Gasteiger partial charge in [-0.3, -0.25) is 0 Å². The third-order valence-corrected chi connectivity index (χ3v) is 2.50. The molecule has 1 N–H and O–H groups in total. The van der Waals surface area contributed by atoms with Gasteiger partial charge in [-0.25, -0.2) is 4.39 Å². The maximum absolute atomic E-state index is 12.8. The van der Waals surface area contributed by atoms with Crippen molar-refractivity contribution in [2.24, 2.45) is 5.92 Å². The van der Waals surface area contributed by atoms with Gasteiger partial charge in [0.2, 0.25) is 0 Å². The Bertz CT molecular complexity index is 105. The average molecular weight is 145 g/mol. The molecule has 1 nitrogen and oxygen atoms in total. The van der Waals surface area contributed by atoms with Gasteiger partial charge in [-0.2, -0.15) is 0 Å². The summed E-state index contributed by atoms with van der Waals surface area (Å²) in [5.74, 6) is 0.650. The predicted molar refractivity (Wildman–Crippen MR) is 40.8 cm³/mol. The third kappa shape index (κ3) is 1.69. The topological polar surface area (TPSA) is 12.0 Å². The highest BCUT2D eigenvalue weighted by Crippen LogP contribution is 2.25. The lowest BCUT2D eigenvalue weighted by atomic mass is 9.85. The van der Waals surface area contributed by atoms with Crippen molar-refractivity contribution in [1.82, 2.24) is 5.32 Å². The summed E-state index contributed by atoms with van der Waals surface area (Å²) in [4.78, 5) is 0. The molecular weight excluding hydrogens is 129 g/mol. The lowest BCUT2D eigenvalue weighted by Gasteiger charge is -2.30. The second-order valence-electron chi connectivity index (χ2n) is 3.28. The van der Waals surface area contributed by atoms with Crippen LogP contribution in [-0.4, -0.2) is 19.3 Å². The highest BCUT2D eigenvalue weighted by atomic mass is 19.1. The Morgan fingerprint density at radius 2 is 2.10 bits per heavy atom. The second kappa shape index (κ2) is 3.33. The lowest BCUT2D eigenvalue weighted by molar-refractivity contribution is 0.175. The van der Waals surface area contributed by atoms with Gasteiger partial charge < -0.3 is 5.32 Å². The zero-order valence-electron chi connectivity index (χ0n) is 6.73. The van der Waals surface area contributed by atoms with E-state index in [0.29, 0.717) is 18.4 Å². The summed E-state index contributed by atoms with van der Waals surface area (Å²) in [6.07, 6.45) is 1.94. The van der Waals surface area contributed by atoms with Crippen LogP contribution in [0.1, 0.15) is 26.2 Å². The zero-order valence-corrected chi connectivity index (χ0v) is 6.73. The number of hydrogen-bond acceptors (Lipinski definition) is 1. The quantitative estimate of drug-likeness (QED) is 0.592. The van der Waals surface area contributed by atoms with Crippen LogP contribution in [0.2, 0.25) is 0 Å². The van der Waals surface area contributed by atoms with Crippen molar-refractivity contribution in [3.63, 3.8) is 0 Å². The number of nitrogens with one attached hydrogen (secondary N) is 1. The molecule has 0 aliphatic heterocycles. The first kappa shape index (κ1) is 7.99. The molecule has 0 bridgehead atoms. The molecule has 0 radical (unpaired) electrons. The van der Waals surface area contributed by atoms with Crippen molar-refractivity contribution in [2.75, 3.05) is 7.05 Å². The Balaban J connectivity index is 2.38. The van der Waals surface area contributed by atoms with E-state index in [1.807, 2.05) is 7.05 Å². The minimum atomic E-state index is -0.561. The largest absolute Gasteiger partial charge is 0.317 e. The molecular formula is C8H16FN. The summed E-state index contributed by atoms with van der Waals surface area (Å²) in [5, 5.41) is 3.14. The summed E-state index contributed by atoms with van der Waals surface area (Å²) in [7, 11) is 1.92. The van der Waals surface area contributed by atoms with E-state index in [9.17, 15) is 4.39 Å². The minimum absolute atomic E-state index is 0.406. The molecule has 0 aromatic carbocycles. The van der Waals surface area contributed by atoms with Crippen molar-refractivity contribution in [3.05, 3.63) is 0 Å². The van der Waals surface area contributed by atoms with Gasteiger partial charge in [0, 0.05) is 6.04 Å². The van der Waals surface area contributed by atoms with Gasteiger partial charge in [0.1, 0.15) is 6.17 Å². The van der Waals surface area contributed by atoms with Crippen LogP contribution in [0.15, 0.2) is 0 Å². The van der Waals surface area contributed by atoms with Crippen LogP contribution in [0, 0.1) is 5.92 Å². The first-order valence-electron chi connectivity index (χ1n) is 4.05. The van der Waals surface area contributed by atoms with Gasteiger partial charge in [0.05, 0.1) is 0 Å². The molecule has 2 heteroatoms. The van der Waals surface area contributed by atoms with E-state index in [-0.39, 0.29) is 0 Å². The summed E-state index contributed by atoms with van der Waals surface area (Å²) in [5.41, 5.74) is 0. The molecule has 1 fully saturated rings. The fraction of sp³-hybridized carbons (Fsp3) is 1.00. The molecule has 0 heterocycles. The van der Waals surface area contributed by atoms with Gasteiger partial charge in [-0.15, -0.1) is 0 Å². The SMILES string of the molecule is CNC1C[C@H](F)CC[C@@H]1C. The number of hydrogen-bond donors (Lipinski definition) is 1. The van der Waals surface area contributed by atoms with Crippen molar-refractivity contribution >= 4 is 0 Å². The van der Waals surface area contributed by atoms with Gasteiger partial charge in [0.15, 0.2) is 0 Å². The smallest absolute Gasteiger partial charge is 0.102 e. The number of halogens is 1. The van der Waals surface area contributed by atoms with Crippen LogP contribution in [-0.2, 0) is 0 Å². The van der Waals surface area contributed by atoms with E-state index < -0.39 is 6.17 Å². The first-order chi connectivity index (χ1) is 4.74.